The molecule has 0 radical (unpaired) electrons. The number of hydrogen-bond acceptors (Lipinski definition) is 8. The number of nitrogens with one attached hydrogen (secondary N) is 2. The van der Waals surface area contributed by atoms with Crippen molar-refractivity contribution in [2.24, 2.45) is 0 Å². The van der Waals surface area contributed by atoms with Crippen LogP contribution in [0.2, 0.25) is 5.02 Å². The van der Waals surface area contributed by atoms with Gasteiger partial charge < -0.3 is 15.3 Å². The minimum atomic E-state index is -4.11. The van der Waals surface area contributed by atoms with Gasteiger partial charge in [-0.05, 0) is 102 Å². The van der Waals surface area contributed by atoms with Crippen LogP contribution in [-0.4, -0.2) is 68.9 Å². The molecule has 0 bridgehead atoms. The quantitative estimate of drug-likeness (QED) is 0.0992. The number of halogens is 1. The Morgan fingerprint density at radius 2 is 1.56 bits per heavy atom. The minimum Gasteiger partial charge on any atom is -0.396 e. The summed E-state index contributed by atoms with van der Waals surface area (Å²) in [6.07, 6.45) is 0.547. The number of sulfonamides is 1. The number of hydrogen-bond donors (Lipinski definition) is 3. The molecule has 0 aliphatic carbocycles. The lowest BCUT2D eigenvalue weighted by molar-refractivity contribution is 0.0981. The van der Waals surface area contributed by atoms with Crippen LogP contribution >= 0.6 is 23.4 Å². The highest BCUT2D eigenvalue weighted by atomic mass is 35.5. The Kier molecular flexibility index (Phi) is 12.6. The van der Waals surface area contributed by atoms with Gasteiger partial charge in [-0.2, -0.15) is 0 Å². The molecule has 1 heterocycles. The van der Waals surface area contributed by atoms with Gasteiger partial charge in [0.25, 0.3) is 15.9 Å². The third-order valence-corrected chi connectivity index (χ3v) is 12.0. The summed E-state index contributed by atoms with van der Waals surface area (Å²) in [5.74, 6) is 0.0483. The number of amides is 1. The van der Waals surface area contributed by atoms with Gasteiger partial charge in [-0.3, -0.25) is 9.69 Å². The van der Waals surface area contributed by atoms with Crippen LogP contribution in [0.5, 0.6) is 0 Å². The normalized spacial score (nSPS) is 14.2. The number of thioether (sulfide) groups is 1. The average Bonchev–Trinajstić information content (AvgIpc) is 3.16. The number of carbonyl (C=O) groups is 1. The lowest BCUT2D eigenvalue weighted by atomic mass is 9.99. The van der Waals surface area contributed by atoms with E-state index in [9.17, 15) is 18.3 Å². The molecule has 52 heavy (non-hydrogen) atoms. The highest BCUT2D eigenvalue weighted by molar-refractivity contribution is 7.99. The monoisotopic (exact) mass is 754 g/mol. The molecule has 0 spiro atoms. The molecule has 11 heteroatoms. The van der Waals surface area contributed by atoms with Crippen molar-refractivity contribution < 1.29 is 18.3 Å². The Morgan fingerprint density at radius 1 is 0.865 bits per heavy atom. The number of aliphatic hydroxyl groups excluding tert-OH is 1. The van der Waals surface area contributed by atoms with E-state index in [0.29, 0.717) is 6.42 Å². The zero-order chi connectivity index (χ0) is 36.5. The van der Waals surface area contributed by atoms with Crippen LogP contribution in [0.15, 0.2) is 131 Å². The molecule has 3 N–H and O–H groups in total. The summed E-state index contributed by atoms with van der Waals surface area (Å²) < 4.78 is 28.7. The maximum atomic E-state index is 13.2. The first-order valence-electron chi connectivity index (χ1n) is 17.3. The molecular weight excluding hydrogens is 712 g/mol. The summed E-state index contributed by atoms with van der Waals surface area (Å²) in [6.45, 7) is 6.14. The number of aryl methyl sites for hydroxylation is 1. The van der Waals surface area contributed by atoms with Crippen molar-refractivity contribution in [2.75, 3.05) is 48.8 Å². The molecule has 0 saturated carbocycles. The molecule has 1 fully saturated rings. The Labute approximate surface area is 315 Å². The van der Waals surface area contributed by atoms with Gasteiger partial charge in [0, 0.05) is 78.0 Å². The molecule has 1 aliphatic heterocycles. The molecule has 270 valence electrons. The van der Waals surface area contributed by atoms with Crippen molar-refractivity contribution in [2.45, 2.75) is 35.7 Å². The third-order valence-electron chi connectivity index (χ3n) is 9.20. The third kappa shape index (κ3) is 9.76. The Balaban J connectivity index is 1.02. The topological polar surface area (TPSA) is 102 Å². The highest BCUT2D eigenvalue weighted by Gasteiger charge is 2.22. The van der Waals surface area contributed by atoms with E-state index in [1.165, 1.54) is 17.2 Å². The van der Waals surface area contributed by atoms with Crippen molar-refractivity contribution in [3.05, 3.63) is 143 Å². The van der Waals surface area contributed by atoms with Crippen LogP contribution in [-0.2, 0) is 16.6 Å². The second kappa shape index (κ2) is 17.5. The second-order valence-corrected chi connectivity index (χ2v) is 16.1. The van der Waals surface area contributed by atoms with E-state index in [4.69, 9.17) is 11.6 Å². The fourth-order valence-corrected chi connectivity index (χ4v) is 8.47. The lowest BCUT2D eigenvalue weighted by Crippen LogP contribution is -2.46. The second-order valence-electron chi connectivity index (χ2n) is 12.9. The molecule has 1 amide bonds. The maximum absolute atomic E-state index is 13.2. The van der Waals surface area contributed by atoms with Gasteiger partial charge in [0.2, 0.25) is 0 Å². The predicted octanol–water partition coefficient (Wildman–Crippen LogP) is 7.71. The summed E-state index contributed by atoms with van der Waals surface area (Å²) >= 11 is 7.80. The highest BCUT2D eigenvalue weighted by Crippen LogP contribution is 2.28. The summed E-state index contributed by atoms with van der Waals surface area (Å²) in [4.78, 5) is 19.0. The molecule has 1 saturated heterocycles. The van der Waals surface area contributed by atoms with E-state index in [-0.39, 0.29) is 23.1 Å². The average molecular weight is 755 g/mol. The van der Waals surface area contributed by atoms with Crippen LogP contribution in [0.1, 0.15) is 27.9 Å². The number of anilines is 2. The molecule has 5 aromatic rings. The Bertz CT molecular complexity index is 2060. The first-order chi connectivity index (χ1) is 25.2. The van der Waals surface area contributed by atoms with E-state index in [0.717, 1.165) is 70.9 Å². The molecule has 6 rings (SSSR count). The van der Waals surface area contributed by atoms with Gasteiger partial charge in [0.15, 0.2) is 0 Å². The first kappa shape index (κ1) is 37.4. The van der Waals surface area contributed by atoms with Crippen molar-refractivity contribution in [1.82, 2.24) is 9.62 Å². The minimum absolute atomic E-state index is 0.00606. The predicted molar refractivity (Wildman–Crippen MR) is 213 cm³/mol. The molecule has 1 aliphatic rings. The van der Waals surface area contributed by atoms with Crippen molar-refractivity contribution in [1.29, 1.82) is 0 Å². The molecule has 8 nitrogen and oxygen atoms in total. The fourth-order valence-electron chi connectivity index (χ4n) is 6.29. The van der Waals surface area contributed by atoms with Crippen molar-refractivity contribution in [3.8, 4) is 11.1 Å². The van der Waals surface area contributed by atoms with Gasteiger partial charge in [-0.25, -0.2) is 13.1 Å². The van der Waals surface area contributed by atoms with E-state index < -0.39 is 15.9 Å². The standard InChI is InChI=1S/C41H43ClN4O4S2/c1-30-27-38(19-20-40(30)43-35(21-26-47)29-51-37-8-3-2-4-9-37)52(49,50)44-41(48)32-13-17-36(18-14-32)46-24-22-45(23-25-46)28-33-7-5-6-10-39(33)31-11-15-34(42)16-12-31/h2-20,27,35,43,47H,21-26,28-29H2,1H3,(H,44,48)/t35-/m1/s1. The van der Waals surface area contributed by atoms with E-state index in [1.54, 1.807) is 36.0 Å². The largest absolute Gasteiger partial charge is 0.396 e. The van der Waals surface area contributed by atoms with Gasteiger partial charge in [-0.1, -0.05) is 66.2 Å². The van der Waals surface area contributed by atoms with Gasteiger partial charge in [0.05, 0.1) is 4.90 Å². The summed E-state index contributed by atoms with van der Waals surface area (Å²) in [6, 6.07) is 38.3. The zero-order valence-corrected chi connectivity index (χ0v) is 31.4. The first-order valence-corrected chi connectivity index (χ1v) is 20.2. The van der Waals surface area contributed by atoms with E-state index in [1.807, 2.05) is 61.5 Å². The number of piperazine rings is 1. The van der Waals surface area contributed by atoms with Gasteiger partial charge in [0.1, 0.15) is 0 Å². The van der Waals surface area contributed by atoms with Crippen molar-refractivity contribution >= 4 is 50.7 Å². The van der Waals surface area contributed by atoms with Gasteiger partial charge >= 0.3 is 0 Å². The van der Waals surface area contributed by atoms with E-state index >= 15 is 0 Å². The molecule has 0 aromatic heterocycles. The van der Waals surface area contributed by atoms with E-state index in [2.05, 4.69) is 56.2 Å². The van der Waals surface area contributed by atoms with Crippen LogP contribution < -0.4 is 14.9 Å². The maximum Gasteiger partial charge on any atom is 0.264 e. The summed E-state index contributed by atoms with van der Waals surface area (Å²) in [5, 5.41) is 13.8. The SMILES string of the molecule is Cc1cc(S(=O)(=O)NC(=O)c2ccc(N3CCN(Cc4ccccc4-c4ccc(Cl)cc4)CC3)cc2)ccc1N[C@H](CCO)CSc1ccccc1. The molecule has 5 aromatic carbocycles. The van der Waals surface area contributed by atoms with Crippen LogP contribution in [0.4, 0.5) is 11.4 Å². The van der Waals surface area contributed by atoms with Crippen LogP contribution in [0, 0.1) is 6.92 Å². The summed E-state index contributed by atoms with van der Waals surface area (Å²) in [5.41, 5.74) is 6.37. The summed E-state index contributed by atoms with van der Waals surface area (Å²) in [7, 11) is -4.11. The van der Waals surface area contributed by atoms with Gasteiger partial charge in [-0.15, -0.1) is 11.8 Å². The number of carbonyl (C=O) groups excluding carboxylic acids is 1. The van der Waals surface area contributed by atoms with Crippen molar-refractivity contribution in [3.63, 3.8) is 0 Å². The van der Waals surface area contributed by atoms with Crippen LogP contribution in [0.25, 0.3) is 11.1 Å². The fraction of sp³-hybridized carbons (Fsp3) is 0.244. The molecule has 0 unspecified atom stereocenters. The number of aliphatic hydroxyl groups is 1. The molecule has 1 atom stereocenters. The number of nitrogens with zero attached hydrogens (tertiary/aromatic N) is 2. The zero-order valence-electron chi connectivity index (χ0n) is 29.0. The molecular formula is C41H43ClN4O4S2. The smallest absolute Gasteiger partial charge is 0.264 e. The Morgan fingerprint density at radius 3 is 2.25 bits per heavy atom. The Hall–Kier alpha value is -4.32. The number of benzene rings is 5. The van der Waals surface area contributed by atoms with Crippen LogP contribution in [0.3, 0.4) is 0 Å². The number of rotatable bonds is 14. The lowest BCUT2D eigenvalue weighted by Gasteiger charge is -2.36.